The number of aliphatic carboxylic acids is 1. The van der Waals surface area contributed by atoms with Gasteiger partial charge < -0.3 is 10.4 Å². The van der Waals surface area contributed by atoms with E-state index >= 15 is 0 Å². The van der Waals surface area contributed by atoms with Gasteiger partial charge in [-0.3, -0.25) is 19.3 Å². The summed E-state index contributed by atoms with van der Waals surface area (Å²) in [7, 11) is 0. The van der Waals surface area contributed by atoms with Crippen molar-refractivity contribution < 1.29 is 24.3 Å². The molecule has 8 nitrogen and oxygen atoms in total. The van der Waals surface area contributed by atoms with E-state index in [9.17, 15) is 19.5 Å². The zero-order chi connectivity index (χ0) is 27.7. The molecule has 3 saturated carbocycles. The summed E-state index contributed by atoms with van der Waals surface area (Å²) >= 11 is 0. The second-order valence-electron chi connectivity index (χ2n) is 13.1. The Hall–Kier alpha value is -2.22. The number of carbonyl (C=O) groups is 3. The summed E-state index contributed by atoms with van der Waals surface area (Å²) in [4.78, 5) is 42.7. The number of carboxylic acids is 1. The minimum absolute atomic E-state index is 0.116. The predicted octanol–water partition coefficient (Wildman–Crippen LogP) is 5.28. The number of hydrogen-bond donors (Lipinski definition) is 2. The molecule has 1 amide bonds. The summed E-state index contributed by atoms with van der Waals surface area (Å²) in [6, 6.07) is 0. The van der Waals surface area contributed by atoms with Crippen molar-refractivity contribution in [1.29, 1.82) is 0 Å². The van der Waals surface area contributed by atoms with Gasteiger partial charge >= 0.3 is 12.1 Å². The lowest BCUT2D eigenvalue weighted by Crippen LogP contribution is -2.51. The average Bonchev–Trinajstić information content (AvgIpc) is 3.21. The molecule has 2 N–H and O–H groups in total. The highest BCUT2D eigenvalue weighted by Gasteiger charge is 2.59. The fraction of sp³-hybridized carbons (Fsp3) is 0.800. The van der Waals surface area contributed by atoms with Crippen molar-refractivity contribution in [3.05, 3.63) is 11.6 Å². The van der Waals surface area contributed by atoms with Gasteiger partial charge in [0, 0.05) is 25.4 Å². The third kappa shape index (κ3) is 5.70. The fourth-order valence-corrected chi connectivity index (χ4v) is 8.48. The molecule has 0 aromatic carbocycles. The standard InChI is InChI=1S/C30H47N3O5/c1-19(2)17-31-14-15-33(18-27(35)36)28(37)38-32-20(3)24-8-9-25-23-7-6-21-16-22(34)10-12-29(21,4)26(23)11-13-30(24,25)5/h16,19,23-26,31H,6-15,17-18H2,1-5H3,(H,35,36)/b32-20+/t23-,24+,25-,26-,29-,30+/m0/s1. The molecule has 8 heteroatoms. The first-order valence-corrected chi connectivity index (χ1v) is 14.6. The number of fused-ring (bicyclic) bond motifs is 5. The minimum atomic E-state index is -1.07. The van der Waals surface area contributed by atoms with Gasteiger partial charge in [0.25, 0.3) is 0 Å². The van der Waals surface area contributed by atoms with Crippen LogP contribution in [0.2, 0.25) is 0 Å². The van der Waals surface area contributed by atoms with Crippen molar-refractivity contribution in [3.8, 4) is 0 Å². The van der Waals surface area contributed by atoms with E-state index in [4.69, 9.17) is 4.84 Å². The molecule has 4 aliphatic rings. The summed E-state index contributed by atoms with van der Waals surface area (Å²) in [5, 5.41) is 16.8. The molecular formula is C30H47N3O5. The molecule has 4 aliphatic carbocycles. The number of nitrogens with one attached hydrogen (secondary N) is 1. The van der Waals surface area contributed by atoms with Crippen molar-refractivity contribution in [3.63, 3.8) is 0 Å². The Balaban J connectivity index is 1.41. The third-order valence-electron chi connectivity index (χ3n) is 10.4. The molecule has 212 valence electrons. The summed E-state index contributed by atoms with van der Waals surface area (Å²) in [6.45, 7) is 12.1. The third-order valence-corrected chi connectivity index (χ3v) is 10.4. The van der Waals surface area contributed by atoms with Crippen LogP contribution < -0.4 is 5.32 Å². The first kappa shape index (κ1) is 28.8. The van der Waals surface area contributed by atoms with Gasteiger partial charge in [0.1, 0.15) is 6.54 Å². The lowest BCUT2D eigenvalue weighted by atomic mass is 9.46. The van der Waals surface area contributed by atoms with Crippen LogP contribution >= 0.6 is 0 Å². The van der Waals surface area contributed by atoms with Gasteiger partial charge in [0.05, 0.1) is 5.71 Å². The van der Waals surface area contributed by atoms with E-state index in [0.29, 0.717) is 42.4 Å². The van der Waals surface area contributed by atoms with Crippen LogP contribution in [0.1, 0.15) is 86.0 Å². The Morgan fingerprint density at radius 2 is 1.92 bits per heavy atom. The van der Waals surface area contributed by atoms with Crippen molar-refractivity contribution in [2.75, 3.05) is 26.2 Å². The Morgan fingerprint density at radius 1 is 1.16 bits per heavy atom. The van der Waals surface area contributed by atoms with Crippen LogP contribution in [0.5, 0.6) is 0 Å². The maximum Gasteiger partial charge on any atom is 0.436 e. The van der Waals surface area contributed by atoms with Crippen LogP contribution in [0.4, 0.5) is 4.79 Å². The number of hydrogen-bond acceptors (Lipinski definition) is 6. The summed E-state index contributed by atoms with van der Waals surface area (Å²) in [5.41, 5.74) is 2.50. The monoisotopic (exact) mass is 529 g/mol. The molecule has 0 aromatic rings. The number of carboxylic acid groups (broad SMARTS) is 1. The first-order valence-electron chi connectivity index (χ1n) is 14.6. The zero-order valence-corrected chi connectivity index (χ0v) is 23.9. The zero-order valence-electron chi connectivity index (χ0n) is 23.9. The van der Waals surface area contributed by atoms with E-state index in [2.05, 4.69) is 38.2 Å². The van der Waals surface area contributed by atoms with Gasteiger partial charge in [0.15, 0.2) is 5.78 Å². The molecule has 3 fully saturated rings. The van der Waals surface area contributed by atoms with Crippen molar-refractivity contribution >= 4 is 23.6 Å². The van der Waals surface area contributed by atoms with Crippen LogP contribution in [0.25, 0.3) is 0 Å². The summed E-state index contributed by atoms with van der Waals surface area (Å²) in [6.07, 6.45) is 9.59. The SMILES string of the molecule is C/C(=N\OC(=O)N(CCNCC(C)C)CC(=O)O)[C@H]1CC[C@H]2[C@@H]3CCC4=CC(=O)CC[C@]4(C)[C@H]3CC[C@]12C. The number of rotatable bonds is 9. The number of allylic oxidation sites excluding steroid dienone is 1. The predicted molar refractivity (Wildman–Crippen MR) is 147 cm³/mol. The van der Waals surface area contributed by atoms with Crippen LogP contribution in [0.15, 0.2) is 16.8 Å². The van der Waals surface area contributed by atoms with Crippen LogP contribution in [-0.2, 0) is 14.4 Å². The molecule has 0 aromatic heterocycles. The quantitative estimate of drug-likeness (QED) is 0.182. The Bertz CT molecular complexity index is 990. The molecule has 0 bridgehead atoms. The van der Waals surface area contributed by atoms with Gasteiger partial charge in [-0.25, -0.2) is 4.79 Å². The second-order valence-corrected chi connectivity index (χ2v) is 13.1. The minimum Gasteiger partial charge on any atom is -0.480 e. The molecular weight excluding hydrogens is 482 g/mol. The molecule has 0 aliphatic heterocycles. The van der Waals surface area contributed by atoms with E-state index in [-0.39, 0.29) is 23.3 Å². The maximum atomic E-state index is 12.7. The van der Waals surface area contributed by atoms with Gasteiger partial charge in [-0.1, -0.05) is 38.4 Å². The molecule has 0 saturated heterocycles. The number of amides is 1. The average molecular weight is 530 g/mol. The van der Waals surface area contributed by atoms with Crippen molar-refractivity contribution in [1.82, 2.24) is 10.2 Å². The van der Waals surface area contributed by atoms with E-state index in [1.54, 1.807) is 0 Å². The molecule has 38 heavy (non-hydrogen) atoms. The molecule has 0 unspecified atom stereocenters. The number of nitrogens with zero attached hydrogens (tertiary/aromatic N) is 2. The highest BCUT2D eigenvalue weighted by Crippen LogP contribution is 2.66. The van der Waals surface area contributed by atoms with Crippen molar-refractivity contribution in [2.24, 2.45) is 45.6 Å². The highest BCUT2D eigenvalue weighted by molar-refractivity contribution is 5.91. The van der Waals surface area contributed by atoms with Gasteiger partial charge in [0.2, 0.25) is 0 Å². The van der Waals surface area contributed by atoms with Gasteiger partial charge in [-0.15, -0.1) is 0 Å². The largest absolute Gasteiger partial charge is 0.480 e. The lowest BCUT2D eigenvalue weighted by molar-refractivity contribution is -0.138. The van der Waals surface area contributed by atoms with Gasteiger partial charge in [-0.2, -0.15) is 0 Å². The maximum absolute atomic E-state index is 12.7. The van der Waals surface area contributed by atoms with E-state index in [0.717, 1.165) is 50.8 Å². The Labute approximate surface area is 227 Å². The topological polar surface area (TPSA) is 108 Å². The van der Waals surface area contributed by atoms with E-state index in [1.165, 1.54) is 16.9 Å². The number of ketones is 1. The normalized spacial score (nSPS) is 34.7. The Kier molecular flexibility index (Phi) is 8.70. The van der Waals surface area contributed by atoms with Crippen LogP contribution in [0, 0.1) is 40.4 Å². The number of carbonyl (C=O) groups excluding carboxylic acids is 2. The van der Waals surface area contributed by atoms with Gasteiger partial charge in [-0.05, 0) is 99.0 Å². The molecule has 4 rings (SSSR count). The summed E-state index contributed by atoms with van der Waals surface area (Å²) < 4.78 is 0. The molecule has 0 spiro atoms. The van der Waals surface area contributed by atoms with Crippen LogP contribution in [0.3, 0.4) is 0 Å². The second kappa shape index (κ2) is 11.5. The first-order chi connectivity index (χ1) is 18.0. The molecule has 0 radical (unpaired) electrons. The molecule has 0 heterocycles. The summed E-state index contributed by atoms with van der Waals surface area (Å²) in [5.74, 6) is 1.85. The smallest absolute Gasteiger partial charge is 0.436 e. The lowest BCUT2D eigenvalue weighted by Gasteiger charge is -2.58. The Morgan fingerprint density at radius 3 is 2.63 bits per heavy atom. The van der Waals surface area contributed by atoms with E-state index in [1.807, 2.05) is 13.0 Å². The fourth-order valence-electron chi connectivity index (χ4n) is 8.48. The highest BCUT2D eigenvalue weighted by atomic mass is 16.7. The number of oxime groups is 1. The van der Waals surface area contributed by atoms with Crippen LogP contribution in [-0.4, -0.2) is 59.7 Å². The van der Waals surface area contributed by atoms with E-state index < -0.39 is 18.6 Å². The molecule has 6 atom stereocenters. The van der Waals surface area contributed by atoms with Crippen molar-refractivity contribution in [2.45, 2.75) is 86.0 Å².